The van der Waals surface area contributed by atoms with Crippen LogP contribution in [-0.4, -0.2) is 11.7 Å². The largest absolute Gasteiger partial charge is 0.396 e. The lowest BCUT2D eigenvalue weighted by Crippen LogP contribution is -2.22. The van der Waals surface area contributed by atoms with E-state index in [4.69, 9.17) is 0 Å². The van der Waals surface area contributed by atoms with Gasteiger partial charge in [0.15, 0.2) is 0 Å². The van der Waals surface area contributed by atoms with Crippen LogP contribution in [0.15, 0.2) is 36.5 Å². The van der Waals surface area contributed by atoms with Gasteiger partial charge in [0.2, 0.25) is 0 Å². The van der Waals surface area contributed by atoms with Crippen molar-refractivity contribution in [3.05, 3.63) is 36.5 Å². The molecule has 0 spiro atoms. The number of hydrogen-bond donors (Lipinski definition) is 1. The van der Waals surface area contributed by atoms with E-state index in [1.165, 1.54) is 36.0 Å². The van der Waals surface area contributed by atoms with Crippen molar-refractivity contribution >= 4 is 0 Å². The first kappa shape index (κ1) is 19.2. The number of allylic oxidation sites excluding steroid dienone is 3. The first-order chi connectivity index (χ1) is 9.31. The Hall–Kier alpha value is -0.820. The minimum Gasteiger partial charge on any atom is -0.396 e. The lowest BCUT2D eigenvalue weighted by molar-refractivity contribution is 0.171. The van der Waals surface area contributed by atoms with Crippen LogP contribution in [0, 0.1) is 5.41 Å². The molecule has 0 radical (unpaired) electrons. The van der Waals surface area contributed by atoms with Crippen LogP contribution in [0.2, 0.25) is 0 Å². The Morgan fingerprint density at radius 1 is 0.750 bits per heavy atom. The fourth-order valence-electron chi connectivity index (χ4n) is 2.64. The van der Waals surface area contributed by atoms with E-state index in [-0.39, 0.29) is 6.61 Å². The highest BCUT2D eigenvalue weighted by Crippen LogP contribution is 2.41. The van der Waals surface area contributed by atoms with E-state index < -0.39 is 0 Å². The van der Waals surface area contributed by atoms with Crippen LogP contribution < -0.4 is 0 Å². The summed E-state index contributed by atoms with van der Waals surface area (Å²) in [5.41, 5.74) is 4.07. The van der Waals surface area contributed by atoms with E-state index in [0.717, 1.165) is 32.1 Å². The van der Waals surface area contributed by atoms with Crippen LogP contribution in [0.4, 0.5) is 0 Å². The van der Waals surface area contributed by atoms with E-state index in [1.807, 2.05) is 0 Å². The van der Waals surface area contributed by atoms with Crippen LogP contribution in [0.1, 0.15) is 72.1 Å². The van der Waals surface area contributed by atoms with Crippen LogP contribution in [0.25, 0.3) is 0 Å². The van der Waals surface area contributed by atoms with Crippen LogP contribution in [0.3, 0.4) is 0 Å². The van der Waals surface area contributed by atoms with Gasteiger partial charge in [0.25, 0.3) is 0 Å². The highest BCUT2D eigenvalue weighted by atomic mass is 16.2. The van der Waals surface area contributed by atoms with Gasteiger partial charge >= 0.3 is 0 Å². The molecule has 0 saturated heterocycles. The number of aliphatic hydroxyl groups excluding tert-OH is 1. The molecular formula is C19H34O. The maximum atomic E-state index is 9.21. The molecule has 0 aromatic carbocycles. The number of rotatable bonds is 12. The smallest absolute Gasteiger partial charge is 0.0431 e. The molecule has 1 heteroatoms. The Morgan fingerprint density at radius 3 is 1.35 bits per heavy atom. The quantitative estimate of drug-likeness (QED) is 0.446. The topological polar surface area (TPSA) is 20.2 Å². The summed E-state index contributed by atoms with van der Waals surface area (Å²) < 4.78 is 0. The van der Waals surface area contributed by atoms with Crippen molar-refractivity contribution in [2.75, 3.05) is 6.61 Å². The van der Waals surface area contributed by atoms with E-state index in [9.17, 15) is 5.11 Å². The summed E-state index contributed by atoms with van der Waals surface area (Å²) >= 11 is 0. The van der Waals surface area contributed by atoms with Gasteiger partial charge in [0.05, 0.1) is 0 Å². The standard InChI is InChI=1S/C19H34O/c1-16(2)8-12-19(11-7-15-20,13-9-17(3)4)14-10-18(5)6/h20H,1,3,5,7-15H2,2,4,6H3. The van der Waals surface area contributed by atoms with Crippen molar-refractivity contribution in [2.24, 2.45) is 5.41 Å². The van der Waals surface area contributed by atoms with Gasteiger partial charge in [-0.3, -0.25) is 0 Å². The van der Waals surface area contributed by atoms with Gasteiger partial charge in [-0.05, 0) is 77.6 Å². The molecule has 0 heterocycles. The van der Waals surface area contributed by atoms with Gasteiger partial charge in [0.1, 0.15) is 0 Å². The van der Waals surface area contributed by atoms with Crippen LogP contribution >= 0.6 is 0 Å². The predicted molar refractivity (Wildman–Crippen MR) is 90.9 cm³/mol. The van der Waals surface area contributed by atoms with E-state index in [2.05, 4.69) is 40.5 Å². The zero-order chi connectivity index (χ0) is 15.6. The summed E-state index contributed by atoms with van der Waals surface area (Å²) in [5.74, 6) is 0. The third kappa shape index (κ3) is 9.14. The zero-order valence-corrected chi connectivity index (χ0v) is 13.9. The molecule has 1 nitrogen and oxygen atoms in total. The summed E-state index contributed by atoms with van der Waals surface area (Å²) in [7, 11) is 0. The Kier molecular flexibility index (Phi) is 9.58. The Morgan fingerprint density at radius 2 is 1.10 bits per heavy atom. The Labute approximate surface area is 126 Å². The lowest BCUT2D eigenvalue weighted by atomic mass is 9.70. The van der Waals surface area contributed by atoms with E-state index >= 15 is 0 Å². The molecule has 0 bridgehead atoms. The van der Waals surface area contributed by atoms with Gasteiger partial charge in [-0.2, -0.15) is 0 Å². The summed E-state index contributed by atoms with van der Waals surface area (Å²) in [6, 6.07) is 0. The second kappa shape index (κ2) is 9.99. The molecule has 0 aliphatic heterocycles. The van der Waals surface area contributed by atoms with Gasteiger partial charge in [-0.1, -0.05) is 16.7 Å². The van der Waals surface area contributed by atoms with Crippen molar-refractivity contribution in [3.63, 3.8) is 0 Å². The number of hydrogen-bond acceptors (Lipinski definition) is 1. The molecule has 0 atom stereocenters. The first-order valence-electron chi connectivity index (χ1n) is 7.85. The fraction of sp³-hybridized carbons (Fsp3) is 0.684. The molecule has 1 N–H and O–H groups in total. The average molecular weight is 278 g/mol. The maximum absolute atomic E-state index is 9.21. The first-order valence-corrected chi connectivity index (χ1v) is 7.85. The summed E-state index contributed by atoms with van der Waals surface area (Å²) in [6.07, 6.45) is 8.74. The Balaban J connectivity index is 4.87. The van der Waals surface area contributed by atoms with Gasteiger partial charge < -0.3 is 5.11 Å². The molecule has 0 aliphatic rings. The van der Waals surface area contributed by atoms with Crippen molar-refractivity contribution < 1.29 is 5.11 Å². The van der Waals surface area contributed by atoms with Gasteiger partial charge in [0, 0.05) is 6.61 Å². The molecule has 0 aromatic rings. The third-order valence-electron chi connectivity index (χ3n) is 4.11. The van der Waals surface area contributed by atoms with Crippen LogP contribution in [0.5, 0.6) is 0 Å². The van der Waals surface area contributed by atoms with E-state index in [1.54, 1.807) is 0 Å². The fourth-order valence-corrected chi connectivity index (χ4v) is 2.64. The molecular weight excluding hydrogens is 244 g/mol. The molecule has 0 saturated carbocycles. The zero-order valence-electron chi connectivity index (χ0n) is 13.9. The molecule has 0 unspecified atom stereocenters. The third-order valence-corrected chi connectivity index (χ3v) is 4.11. The molecule has 116 valence electrons. The predicted octanol–water partition coefficient (Wildman–Crippen LogP) is 5.81. The molecule has 0 rings (SSSR count). The van der Waals surface area contributed by atoms with Crippen LogP contribution in [-0.2, 0) is 0 Å². The lowest BCUT2D eigenvalue weighted by Gasteiger charge is -2.35. The second-order valence-corrected chi connectivity index (χ2v) is 6.70. The summed E-state index contributed by atoms with van der Waals surface area (Å²) in [5, 5.41) is 9.21. The molecule has 0 fully saturated rings. The molecule has 20 heavy (non-hydrogen) atoms. The molecule has 0 aromatic heterocycles. The minimum atomic E-state index is 0.287. The average Bonchev–Trinajstić information content (AvgIpc) is 2.36. The maximum Gasteiger partial charge on any atom is 0.0431 e. The van der Waals surface area contributed by atoms with Crippen molar-refractivity contribution in [1.29, 1.82) is 0 Å². The van der Waals surface area contributed by atoms with Gasteiger partial charge in [-0.25, -0.2) is 0 Å². The minimum absolute atomic E-state index is 0.287. The second-order valence-electron chi connectivity index (χ2n) is 6.70. The number of aliphatic hydroxyl groups is 1. The summed E-state index contributed by atoms with van der Waals surface area (Å²) in [4.78, 5) is 0. The van der Waals surface area contributed by atoms with Crippen molar-refractivity contribution in [3.8, 4) is 0 Å². The SMILES string of the molecule is C=C(C)CCC(CCCO)(CCC(=C)C)CCC(=C)C. The van der Waals surface area contributed by atoms with Crippen molar-refractivity contribution in [1.82, 2.24) is 0 Å². The van der Waals surface area contributed by atoms with E-state index in [0.29, 0.717) is 5.41 Å². The molecule has 0 aliphatic carbocycles. The highest BCUT2D eigenvalue weighted by molar-refractivity contribution is 4.98. The highest BCUT2D eigenvalue weighted by Gasteiger charge is 2.28. The Bertz CT molecular complexity index is 279. The molecule has 0 amide bonds. The summed E-state index contributed by atoms with van der Waals surface area (Å²) in [6.45, 7) is 18.7. The van der Waals surface area contributed by atoms with Gasteiger partial charge in [-0.15, -0.1) is 19.7 Å². The monoisotopic (exact) mass is 278 g/mol. The normalized spacial score (nSPS) is 11.4. The van der Waals surface area contributed by atoms with Crippen molar-refractivity contribution in [2.45, 2.75) is 72.1 Å².